The molecular weight excluding hydrogens is 416 g/mol. The molecular formula is C23H33ClN4O3. The maximum Gasteiger partial charge on any atom is 0.322 e. The predicted octanol–water partition coefficient (Wildman–Crippen LogP) is 3.03. The Bertz CT molecular complexity index is 816. The van der Waals surface area contributed by atoms with Crippen LogP contribution >= 0.6 is 11.6 Å². The fourth-order valence-electron chi connectivity index (χ4n) is 4.90. The minimum Gasteiger partial charge on any atom is -0.391 e. The van der Waals surface area contributed by atoms with E-state index in [1.807, 2.05) is 11.8 Å². The van der Waals surface area contributed by atoms with Gasteiger partial charge >= 0.3 is 6.03 Å². The number of rotatable bonds is 5. The van der Waals surface area contributed by atoms with Crippen molar-refractivity contribution in [3.63, 3.8) is 0 Å². The molecule has 1 aromatic carbocycles. The Morgan fingerprint density at radius 3 is 2.74 bits per heavy atom. The number of aliphatic hydroxyl groups is 1. The summed E-state index contributed by atoms with van der Waals surface area (Å²) in [6, 6.07) is 6.78. The number of carbonyl (C=O) groups is 2. The summed E-state index contributed by atoms with van der Waals surface area (Å²) in [6.07, 6.45) is 4.44. The van der Waals surface area contributed by atoms with Crippen molar-refractivity contribution >= 4 is 29.2 Å². The molecule has 7 nitrogen and oxygen atoms in total. The summed E-state index contributed by atoms with van der Waals surface area (Å²) in [5.41, 5.74) is 0.871. The Labute approximate surface area is 189 Å². The number of nitrogens with one attached hydrogen (secondary N) is 1. The van der Waals surface area contributed by atoms with Crippen LogP contribution in [0.1, 0.15) is 39.0 Å². The summed E-state index contributed by atoms with van der Waals surface area (Å²) in [5.74, 6) is 0.0977. The quantitative estimate of drug-likeness (QED) is 0.726. The number of urea groups is 1. The number of hydrogen-bond donors (Lipinski definition) is 2. The molecule has 2 aliphatic heterocycles. The molecule has 1 aromatic rings. The van der Waals surface area contributed by atoms with Crippen LogP contribution in [0.3, 0.4) is 0 Å². The number of piperidine rings is 1. The van der Waals surface area contributed by atoms with Gasteiger partial charge in [-0.05, 0) is 69.3 Å². The highest BCUT2D eigenvalue weighted by molar-refractivity contribution is 6.30. The van der Waals surface area contributed by atoms with Crippen LogP contribution in [0.5, 0.6) is 0 Å². The smallest absolute Gasteiger partial charge is 0.322 e. The van der Waals surface area contributed by atoms with E-state index in [1.54, 1.807) is 29.2 Å². The molecule has 3 fully saturated rings. The highest BCUT2D eigenvalue weighted by atomic mass is 35.5. The molecule has 2 unspecified atom stereocenters. The van der Waals surface area contributed by atoms with Gasteiger partial charge < -0.3 is 25.1 Å². The second-order valence-electron chi connectivity index (χ2n) is 9.36. The number of β-amino-alcohol motifs (C(OH)–C–C–N with tert-alkyl or cyclic N) is 1. The van der Waals surface area contributed by atoms with Gasteiger partial charge in [-0.2, -0.15) is 0 Å². The lowest BCUT2D eigenvalue weighted by Crippen LogP contribution is -2.46. The zero-order chi connectivity index (χ0) is 22.0. The Hall–Kier alpha value is -1.83. The molecule has 2 saturated heterocycles. The van der Waals surface area contributed by atoms with E-state index in [2.05, 4.69) is 10.2 Å². The summed E-state index contributed by atoms with van der Waals surface area (Å²) in [5, 5.41) is 13.8. The van der Waals surface area contributed by atoms with Crippen LogP contribution in [0.4, 0.5) is 10.5 Å². The maximum absolute atomic E-state index is 12.8. The number of hydrogen-bond acceptors (Lipinski definition) is 4. The Morgan fingerprint density at radius 2 is 2.03 bits per heavy atom. The van der Waals surface area contributed by atoms with E-state index < -0.39 is 0 Å². The van der Waals surface area contributed by atoms with E-state index in [0.29, 0.717) is 36.8 Å². The highest BCUT2D eigenvalue weighted by Gasteiger charge is 2.51. The fourth-order valence-corrected chi connectivity index (χ4v) is 5.09. The number of amides is 3. The SMILES string of the molecule is CC1CN(CCCN2CCC3(CC3)C(O)C2)C(=O)CCN1C(=O)Nc1cccc(Cl)c1. The lowest BCUT2D eigenvalue weighted by molar-refractivity contribution is -0.130. The van der Waals surface area contributed by atoms with E-state index in [0.717, 1.165) is 32.5 Å². The number of halogens is 1. The van der Waals surface area contributed by atoms with Gasteiger partial charge in [-0.25, -0.2) is 4.79 Å². The van der Waals surface area contributed by atoms with Gasteiger partial charge in [0.05, 0.1) is 6.10 Å². The van der Waals surface area contributed by atoms with Crippen molar-refractivity contribution < 1.29 is 14.7 Å². The molecule has 2 heterocycles. The van der Waals surface area contributed by atoms with Gasteiger partial charge in [-0.1, -0.05) is 17.7 Å². The van der Waals surface area contributed by atoms with E-state index in [9.17, 15) is 14.7 Å². The van der Waals surface area contributed by atoms with Crippen molar-refractivity contribution in [3.05, 3.63) is 29.3 Å². The number of nitrogens with zero attached hydrogens (tertiary/aromatic N) is 3. The van der Waals surface area contributed by atoms with E-state index in [1.165, 1.54) is 12.8 Å². The number of likely N-dealkylation sites (tertiary alicyclic amines) is 1. The molecule has 170 valence electrons. The highest BCUT2D eigenvalue weighted by Crippen LogP contribution is 2.53. The summed E-state index contributed by atoms with van der Waals surface area (Å²) in [4.78, 5) is 31.4. The predicted molar refractivity (Wildman–Crippen MR) is 121 cm³/mol. The lowest BCUT2D eigenvalue weighted by atomic mass is 9.90. The topological polar surface area (TPSA) is 76.1 Å². The molecule has 1 spiro atoms. The second kappa shape index (κ2) is 9.35. The molecule has 8 heteroatoms. The minimum atomic E-state index is -0.208. The molecule has 2 N–H and O–H groups in total. The van der Waals surface area contributed by atoms with Crippen LogP contribution in [0.2, 0.25) is 5.02 Å². The molecule has 3 aliphatic rings. The monoisotopic (exact) mass is 448 g/mol. The largest absolute Gasteiger partial charge is 0.391 e. The summed E-state index contributed by atoms with van der Waals surface area (Å²) < 4.78 is 0. The number of benzene rings is 1. The Morgan fingerprint density at radius 1 is 1.23 bits per heavy atom. The Balaban J connectivity index is 1.25. The molecule has 4 rings (SSSR count). The number of anilines is 1. The molecule has 31 heavy (non-hydrogen) atoms. The van der Waals surface area contributed by atoms with Crippen LogP contribution in [0, 0.1) is 5.41 Å². The lowest BCUT2D eigenvalue weighted by Gasteiger charge is -2.36. The number of aliphatic hydroxyl groups excluding tert-OH is 1. The fraction of sp³-hybridized carbons (Fsp3) is 0.652. The van der Waals surface area contributed by atoms with Crippen LogP contribution in [0.25, 0.3) is 0 Å². The average Bonchev–Trinajstić information content (AvgIpc) is 3.52. The summed E-state index contributed by atoms with van der Waals surface area (Å²) >= 11 is 6.00. The first-order valence-corrected chi connectivity index (χ1v) is 11.8. The van der Waals surface area contributed by atoms with Crippen LogP contribution in [-0.4, -0.2) is 83.2 Å². The van der Waals surface area contributed by atoms with Crippen molar-refractivity contribution in [2.45, 2.75) is 51.2 Å². The van der Waals surface area contributed by atoms with Crippen molar-refractivity contribution in [3.8, 4) is 0 Å². The standard InChI is InChI=1S/C23H33ClN4O3/c1-17-15-27(11-3-10-26-13-9-23(7-8-23)20(29)16-26)21(30)6-12-28(17)22(31)25-19-5-2-4-18(24)14-19/h2,4-5,14,17,20,29H,3,6-13,15-16H2,1H3,(H,25,31). The second-order valence-corrected chi connectivity index (χ2v) is 9.79. The van der Waals surface area contributed by atoms with Gasteiger partial charge in [-0.15, -0.1) is 0 Å². The van der Waals surface area contributed by atoms with Crippen molar-refractivity contribution in [2.75, 3.05) is 44.6 Å². The first kappa shape index (κ1) is 22.4. The molecule has 2 atom stereocenters. The third-order valence-corrected chi connectivity index (χ3v) is 7.37. The van der Waals surface area contributed by atoms with Gasteiger partial charge in [0.2, 0.25) is 5.91 Å². The Kier molecular flexibility index (Phi) is 6.74. The molecule has 0 radical (unpaired) electrons. The third-order valence-electron chi connectivity index (χ3n) is 7.13. The molecule has 1 aliphatic carbocycles. The minimum absolute atomic E-state index is 0.0721. The van der Waals surface area contributed by atoms with Crippen molar-refractivity contribution in [1.82, 2.24) is 14.7 Å². The summed E-state index contributed by atoms with van der Waals surface area (Å²) in [7, 11) is 0. The van der Waals surface area contributed by atoms with Gasteiger partial charge in [0, 0.05) is 49.4 Å². The van der Waals surface area contributed by atoms with Crippen molar-refractivity contribution in [1.29, 1.82) is 0 Å². The van der Waals surface area contributed by atoms with Crippen molar-refractivity contribution in [2.24, 2.45) is 5.41 Å². The molecule has 0 aromatic heterocycles. The van der Waals surface area contributed by atoms with E-state index >= 15 is 0 Å². The van der Waals surface area contributed by atoms with E-state index in [-0.39, 0.29) is 29.5 Å². The summed E-state index contributed by atoms with van der Waals surface area (Å²) in [6.45, 7) is 6.30. The number of carbonyl (C=O) groups excluding carboxylic acids is 2. The van der Waals surface area contributed by atoms with E-state index in [4.69, 9.17) is 11.6 Å². The molecule has 1 saturated carbocycles. The van der Waals surface area contributed by atoms with Gasteiger partial charge in [-0.3, -0.25) is 4.79 Å². The molecule has 0 bridgehead atoms. The van der Waals surface area contributed by atoms with Gasteiger partial charge in [0.1, 0.15) is 0 Å². The normalized spacial score (nSPS) is 26.1. The van der Waals surface area contributed by atoms with Crippen LogP contribution in [0.15, 0.2) is 24.3 Å². The first-order valence-electron chi connectivity index (χ1n) is 11.4. The first-order chi connectivity index (χ1) is 14.9. The maximum atomic E-state index is 12.8. The third kappa shape index (κ3) is 5.33. The molecule has 3 amide bonds. The van der Waals surface area contributed by atoms with Gasteiger partial charge in [0.25, 0.3) is 0 Å². The van der Waals surface area contributed by atoms with Crippen LogP contribution < -0.4 is 5.32 Å². The zero-order valence-corrected chi connectivity index (χ0v) is 19.0. The average molecular weight is 449 g/mol. The zero-order valence-electron chi connectivity index (χ0n) is 18.2. The van der Waals surface area contributed by atoms with Gasteiger partial charge in [0.15, 0.2) is 0 Å². The van der Waals surface area contributed by atoms with Crippen LogP contribution in [-0.2, 0) is 4.79 Å².